The van der Waals surface area contributed by atoms with Crippen LogP contribution in [0.15, 0.2) is 36.5 Å². The molecule has 0 spiro atoms. The minimum absolute atomic E-state index is 0.100. The van der Waals surface area contributed by atoms with Crippen molar-refractivity contribution >= 4 is 29.0 Å². The van der Waals surface area contributed by atoms with Crippen LogP contribution in [-0.4, -0.2) is 21.0 Å². The van der Waals surface area contributed by atoms with Gasteiger partial charge in [-0.05, 0) is 24.3 Å². The van der Waals surface area contributed by atoms with Gasteiger partial charge in [0.05, 0.1) is 4.92 Å². The summed E-state index contributed by atoms with van der Waals surface area (Å²) in [5.41, 5.74) is -0.0565. The number of hydrogen-bond acceptors (Lipinski definition) is 5. The van der Waals surface area contributed by atoms with E-state index in [1.165, 1.54) is 24.4 Å². The van der Waals surface area contributed by atoms with Crippen LogP contribution >= 0.6 is 11.6 Å². The highest BCUT2D eigenvalue weighted by Gasteiger charge is 2.15. The lowest BCUT2D eigenvalue weighted by Gasteiger charge is -2.03. The Labute approximate surface area is 112 Å². The number of nitrogens with one attached hydrogen (secondary N) is 1. The van der Waals surface area contributed by atoms with Crippen LogP contribution in [0.1, 0.15) is 10.4 Å². The lowest BCUT2D eigenvalue weighted by Crippen LogP contribution is -2.13. The Morgan fingerprint density at radius 2 is 2.16 bits per heavy atom. The molecule has 2 aromatic rings. The first-order chi connectivity index (χ1) is 9.08. The standard InChI is InChI=1S/C11H7ClN4O3/c12-8-6-7(3-4-9(8)16(18)19)11(17)14-10-2-1-5-13-15-10/h1-6H,(H,14,15,17). The molecule has 0 unspecified atom stereocenters. The predicted octanol–water partition coefficient (Wildman–Crippen LogP) is 2.29. The summed E-state index contributed by atoms with van der Waals surface area (Å²) >= 11 is 5.72. The van der Waals surface area contributed by atoms with E-state index in [4.69, 9.17) is 11.6 Å². The SMILES string of the molecule is O=C(Nc1cccnn1)c1ccc([N+](=O)[O-])c(Cl)c1. The Bertz CT molecular complexity index is 633. The summed E-state index contributed by atoms with van der Waals surface area (Å²) in [6, 6.07) is 6.90. The molecule has 1 aromatic heterocycles. The van der Waals surface area contributed by atoms with E-state index in [0.29, 0.717) is 0 Å². The van der Waals surface area contributed by atoms with Gasteiger partial charge in [0.15, 0.2) is 5.82 Å². The molecule has 0 aliphatic rings. The molecule has 0 atom stereocenters. The lowest BCUT2D eigenvalue weighted by atomic mass is 10.2. The third-order valence-corrected chi connectivity index (χ3v) is 2.52. The summed E-state index contributed by atoms with van der Waals surface area (Å²) in [6.45, 7) is 0. The molecule has 0 bridgehead atoms. The Hall–Kier alpha value is -2.54. The summed E-state index contributed by atoms with van der Waals surface area (Å²) in [5.74, 6) is -0.195. The molecule has 0 fully saturated rings. The number of aromatic nitrogens is 2. The topological polar surface area (TPSA) is 98.0 Å². The first-order valence-corrected chi connectivity index (χ1v) is 5.49. The number of halogens is 1. The zero-order valence-electron chi connectivity index (χ0n) is 9.41. The van der Waals surface area contributed by atoms with E-state index in [1.807, 2.05) is 0 Å². The fraction of sp³-hybridized carbons (Fsp3) is 0. The molecule has 96 valence electrons. The maximum Gasteiger partial charge on any atom is 0.287 e. The van der Waals surface area contributed by atoms with Crippen molar-refractivity contribution in [2.45, 2.75) is 0 Å². The summed E-state index contributed by atoms with van der Waals surface area (Å²) in [6.07, 6.45) is 1.47. The molecule has 0 radical (unpaired) electrons. The fourth-order valence-electron chi connectivity index (χ4n) is 1.35. The van der Waals surface area contributed by atoms with Crippen LogP contribution in [0, 0.1) is 10.1 Å². The van der Waals surface area contributed by atoms with Gasteiger partial charge < -0.3 is 5.32 Å². The maximum absolute atomic E-state index is 11.8. The molecule has 0 aliphatic heterocycles. The van der Waals surface area contributed by atoms with Crippen molar-refractivity contribution in [1.82, 2.24) is 10.2 Å². The quantitative estimate of drug-likeness (QED) is 0.686. The van der Waals surface area contributed by atoms with E-state index in [1.54, 1.807) is 12.1 Å². The molecular formula is C11H7ClN4O3. The summed E-state index contributed by atoms with van der Waals surface area (Å²) in [7, 11) is 0. The second-order valence-corrected chi connectivity index (χ2v) is 3.89. The number of anilines is 1. The van der Waals surface area contributed by atoms with Crippen molar-refractivity contribution in [3.63, 3.8) is 0 Å². The lowest BCUT2D eigenvalue weighted by molar-refractivity contribution is -0.384. The highest BCUT2D eigenvalue weighted by molar-refractivity contribution is 6.33. The van der Waals surface area contributed by atoms with E-state index in [2.05, 4.69) is 15.5 Å². The molecule has 0 aliphatic carbocycles. The van der Waals surface area contributed by atoms with Gasteiger partial charge in [-0.25, -0.2) is 0 Å². The number of amides is 1. The number of nitrogens with zero attached hydrogens (tertiary/aromatic N) is 3. The number of nitro benzene ring substituents is 1. The van der Waals surface area contributed by atoms with Crippen molar-refractivity contribution in [2.24, 2.45) is 0 Å². The van der Waals surface area contributed by atoms with Crippen LogP contribution in [0.2, 0.25) is 5.02 Å². The van der Waals surface area contributed by atoms with Crippen LogP contribution in [0.25, 0.3) is 0 Å². The minimum atomic E-state index is -0.618. The third kappa shape index (κ3) is 3.02. The molecule has 7 nitrogen and oxygen atoms in total. The average molecular weight is 279 g/mol. The van der Waals surface area contributed by atoms with Crippen molar-refractivity contribution < 1.29 is 9.72 Å². The molecule has 1 amide bonds. The number of benzene rings is 1. The molecule has 0 saturated carbocycles. The highest BCUT2D eigenvalue weighted by Crippen LogP contribution is 2.25. The Morgan fingerprint density at radius 3 is 2.74 bits per heavy atom. The predicted molar refractivity (Wildman–Crippen MR) is 68.1 cm³/mol. The van der Waals surface area contributed by atoms with Crippen molar-refractivity contribution in [3.05, 3.63) is 57.2 Å². The summed E-state index contributed by atoms with van der Waals surface area (Å²) in [5, 5.41) is 20.3. The van der Waals surface area contributed by atoms with E-state index in [-0.39, 0.29) is 22.1 Å². The second-order valence-electron chi connectivity index (χ2n) is 3.49. The van der Waals surface area contributed by atoms with Crippen LogP contribution in [-0.2, 0) is 0 Å². The molecule has 8 heteroatoms. The van der Waals surface area contributed by atoms with Crippen LogP contribution < -0.4 is 5.32 Å². The number of carbonyl (C=O) groups excluding carboxylic acids is 1. The van der Waals surface area contributed by atoms with Crippen LogP contribution in [0.5, 0.6) is 0 Å². The van der Waals surface area contributed by atoms with E-state index < -0.39 is 10.8 Å². The molecule has 19 heavy (non-hydrogen) atoms. The minimum Gasteiger partial charge on any atom is -0.305 e. The second kappa shape index (κ2) is 5.40. The molecule has 0 saturated heterocycles. The van der Waals surface area contributed by atoms with Gasteiger partial charge in [-0.3, -0.25) is 14.9 Å². The van der Waals surface area contributed by atoms with E-state index in [0.717, 1.165) is 0 Å². The van der Waals surface area contributed by atoms with Gasteiger partial charge in [0.1, 0.15) is 5.02 Å². The number of carbonyl (C=O) groups is 1. The Balaban J connectivity index is 2.21. The fourth-order valence-corrected chi connectivity index (χ4v) is 1.60. The summed E-state index contributed by atoms with van der Waals surface area (Å²) in [4.78, 5) is 21.8. The van der Waals surface area contributed by atoms with Gasteiger partial charge in [0.2, 0.25) is 0 Å². The molecule has 1 N–H and O–H groups in total. The van der Waals surface area contributed by atoms with Gasteiger partial charge in [0.25, 0.3) is 11.6 Å². The zero-order chi connectivity index (χ0) is 13.8. The van der Waals surface area contributed by atoms with Gasteiger partial charge in [-0.15, -0.1) is 5.10 Å². The number of hydrogen-bond donors (Lipinski definition) is 1. The number of rotatable bonds is 3. The largest absolute Gasteiger partial charge is 0.305 e. The number of nitro groups is 1. The molecular weight excluding hydrogens is 272 g/mol. The third-order valence-electron chi connectivity index (χ3n) is 2.22. The van der Waals surface area contributed by atoms with Crippen molar-refractivity contribution in [2.75, 3.05) is 5.32 Å². The van der Waals surface area contributed by atoms with E-state index >= 15 is 0 Å². The molecule has 1 aromatic carbocycles. The Kier molecular flexibility index (Phi) is 3.67. The van der Waals surface area contributed by atoms with Crippen LogP contribution in [0.3, 0.4) is 0 Å². The maximum atomic E-state index is 11.8. The molecule has 2 rings (SSSR count). The Morgan fingerprint density at radius 1 is 1.37 bits per heavy atom. The van der Waals surface area contributed by atoms with Crippen molar-refractivity contribution in [3.8, 4) is 0 Å². The molecule has 1 heterocycles. The van der Waals surface area contributed by atoms with Gasteiger partial charge >= 0.3 is 0 Å². The monoisotopic (exact) mass is 278 g/mol. The zero-order valence-corrected chi connectivity index (χ0v) is 10.2. The average Bonchev–Trinajstić information content (AvgIpc) is 2.39. The first kappa shape index (κ1) is 12.9. The smallest absolute Gasteiger partial charge is 0.287 e. The van der Waals surface area contributed by atoms with Crippen molar-refractivity contribution in [1.29, 1.82) is 0 Å². The summed E-state index contributed by atoms with van der Waals surface area (Å²) < 4.78 is 0. The highest BCUT2D eigenvalue weighted by atomic mass is 35.5. The van der Waals surface area contributed by atoms with Gasteiger partial charge in [-0.1, -0.05) is 11.6 Å². The van der Waals surface area contributed by atoms with Gasteiger partial charge in [-0.2, -0.15) is 5.10 Å². The van der Waals surface area contributed by atoms with Gasteiger partial charge in [0, 0.05) is 17.8 Å². The van der Waals surface area contributed by atoms with Crippen LogP contribution in [0.4, 0.5) is 11.5 Å². The van der Waals surface area contributed by atoms with E-state index in [9.17, 15) is 14.9 Å². The normalized spacial score (nSPS) is 9.95. The first-order valence-electron chi connectivity index (χ1n) is 5.11.